The predicted octanol–water partition coefficient (Wildman–Crippen LogP) is 1.83. The SMILES string of the molecule is O=C(O)[C@@H]1CN(C(=O)CCc2cc(Cl)no2)C[C@H]1C1CC1. The molecule has 1 N–H and O–H groups in total. The van der Waals surface area contributed by atoms with Crippen LogP contribution in [0.1, 0.15) is 25.0 Å². The number of hydrogen-bond acceptors (Lipinski definition) is 4. The van der Waals surface area contributed by atoms with Gasteiger partial charge in [0.2, 0.25) is 5.91 Å². The Morgan fingerprint density at radius 3 is 2.76 bits per heavy atom. The highest BCUT2D eigenvalue weighted by Crippen LogP contribution is 2.44. The van der Waals surface area contributed by atoms with Crippen LogP contribution in [0.3, 0.4) is 0 Å². The Bertz CT molecular complexity index is 555. The first-order chi connectivity index (χ1) is 10.0. The summed E-state index contributed by atoms with van der Waals surface area (Å²) in [5.41, 5.74) is 0. The minimum absolute atomic E-state index is 0.0306. The largest absolute Gasteiger partial charge is 0.481 e. The second-order valence-corrected chi connectivity index (χ2v) is 6.25. The maximum atomic E-state index is 12.2. The summed E-state index contributed by atoms with van der Waals surface area (Å²) in [4.78, 5) is 25.2. The number of carbonyl (C=O) groups excluding carboxylic acids is 1. The lowest BCUT2D eigenvalue weighted by Crippen LogP contribution is -2.30. The Labute approximate surface area is 127 Å². The van der Waals surface area contributed by atoms with Crippen LogP contribution in [-0.4, -0.2) is 40.1 Å². The van der Waals surface area contributed by atoms with Crippen molar-refractivity contribution in [2.45, 2.75) is 25.7 Å². The van der Waals surface area contributed by atoms with Crippen molar-refractivity contribution in [1.29, 1.82) is 0 Å². The average Bonchev–Trinajstić information content (AvgIpc) is 3.05. The lowest BCUT2D eigenvalue weighted by molar-refractivity contribution is -0.142. The van der Waals surface area contributed by atoms with Crippen molar-refractivity contribution in [3.63, 3.8) is 0 Å². The molecule has 2 fully saturated rings. The number of amides is 1. The third kappa shape index (κ3) is 3.20. The number of likely N-dealkylation sites (tertiary alicyclic amines) is 1. The number of carboxylic acids is 1. The molecule has 1 aliphatic heterocycles. The highest BCUT2D eigenvalue weighted by atomic mass is 35.5. The lowest BCUT2D eigenvalue weighted by Gasteiger charge is -2.15. The maximum absolute atomic E-state index is 12.2. The quantitative estimate of drug-likeness (QED) is 0.896. The molecule has 1 aliphatic carbocycles. The standard InChI is InChI=1S/C14H17ClN2O4/c15-12-5-9(21-16-12)3-4-13(18)17-6-10(8-1-2-8)11(7-17)14(19)20/h5,8,10-11H,1-4,6-7H2,(H,19,20)/t10-,11+/m0/s1. The topological polar surface area (TPSA) is 83.6 Å². The number of carboxylic acid groups (broad SMARTS) is 1. The summed E-state index contributed by atoms with van der Waals surface area (Å²) in [6.45, 7) is 0.893. The van der Waals surface area contributed by atoms with Crippen LogP contribution in [0.15, 0.2) is 10.6 Å². The summed E-state index contributed by atoms with van der Waals surface area (Å²) < 4.78 is 4.96. The Balaban J connectivity index is 1.56. The minimum atomic E-state index is -0.788. The van der Waals surface area contributed by atoms with Crippen molar-refractivity contribution in [3.8, 4) is 0 Å². The van der Waals surface area contributed by atoms with Crippen LogP contribution in [0.25, 0.3) is 0 Å². The van der Waals surface area contributed by atoms with Gasteiger partial charge in [-0.3, -0.25) is 9.59 Å². The van der Waals surface area contributed by atoms with E-state index in [0.29, 0.717) is 31.2 Å². The zero-order valence-corrected chi connectivity index (χ0v) is 12.3. The number of rotatable bonds is 5. The highest BCUT2D eigenvalue weighted by Gasteiger charge is 2.46. The molecule has 21 heavy (non-hydrogen) atoms. The molecule has 0 bridgehead atoms. The zero-order valence-electron chi connectivity index (χ0n) is 11.5. The van der Waals surface area contributed by atoms with Gasteiger partial charge in [-0.2, -0.15) is 0 Å². The molecule has 0 radical (unpaired) electrons. The summed E-state index contributed by atoms with van der Waals surface area (Å²) in [6, 6.07) is 1.59. The molecule has 1 amide bonds. The first kappa shape index (κ1) is 14.4. The monoisotopic (exact) mass is 312 g/mol. The van der Waals surface area contributed by atoms with Gasteiger partial charge in [0.1, 0.15) is 5.76 Å². The van der Waals surface area contributed by atoms with Crippen LogP contribution in [0.5, 0.6) is 0 Å². The molecule has 2 atom stereocenters. The van der Waals surface area contributed by atoms with E-state index in [1.54, 1.807) is 11.0 Å². The van der Waals surface area contributed by atoms with E-state index < -0.39 is 11.9 Å². The Morgan fingerprint density at radius 2 is 2.19 bits per heavy atom. The molecule has 0 spiro atoms. The second-order valence-electron chi connectivity index (χ2n) is 5.86. The van der Waals surface area contributed by atoms with E-state index in [1.165, 1.54) is 0 Å². The summed E-state index contributed by atoms with van der Waals surface area (Å²) in [7, 11) is 0. The number of carbonyl (C=O) groups is 2. The molecule has 0 aromatic carbocycles. The second kappa shape index (κ2) is 5.67. The van der Waals surface area contributed by atoms with Gasteiger partial charge < -0.3 is 14.5 Å². The van der Waals surface area contributed by atoms with Crippen molar-refractivity contribution in [2.24, 2.45) is 17.8 Å². The lowest BCUT2D eigenvalue weighted by atomic mass is 9.92. The van der Waals surface area contributed by atoms with E-state index in [-0.39, 0.29) is 23.4 Å². The van der Waals surface area contributed by atoms with E-state index in [9.17, 15) is 14.7 Å². The maximum Gasteiger partial charge on any atom is 0.308 e. The molecule has 7 heteroatoms. The van der Waals surface area contributed by atoms with Gasteiger partial charge in [-0.15, -0.1) is 0 Å². The normalized spacial score (nSPS) is 25.3. The number of aryl methyl sites for hydroxylation is 1. The van der Waals surface area contributed by atoms with E-state index in [2.05, 4.69) is 5.16 Å². The fourth-order valence-corrected chi connectivity index (χ4v) is 3.25. The summed E-state index contributed by atoms with van der Waals surface area (Å²) >= 11 is 5.65. The van der Waals surface area contributed by atoms with Crippen molar-refractivity contribution >= 4 is 23.5 Å². The molecule has 1 saturated carbocycles. The first-order valence-corrected chi connectivity index (χ1v) is 7.54. The molecular weight excluding hydrogens is 296 g/mol. The third-order valence-corrected chi connectivity index (χ3v) is 4.56. The molecule has 2 aliphatic rings. The van der Waals surface area contributed by atoms with Gasteiger partial charge in [0, 0.05) is 32.0 Å². The van der Waals surface area contributed by atoms with Crippen LogP contribution in [0.4, 0.5) is 0 Å². The van der Waals surface area contributed by atoms with Crippen molar-refractivity contribution in [3.05, 3.63) is 17.0 Å². The van der Waals surface area contributed by atoms with Gasteiger partial charge >= 0.3 is 5.97 Å². The van der Waals surface area contributed by atoms with E-state index in [1.807, 2.05) is 0 Å². The predicted molar refractivity (Wildman–Crippen MR) is 73.8 cm³/mol. The van der Waals surface area contributed by atoms with Gasteiger partial charge in [0.05, 0.1) is 5.92 Å². The summed E-state index contributed by atoms with van der Waals surface area (Å²) in [5.74, 6) is -0.0634. The number of aliphatic carboxylic acids is 1. The minimum Gasteiger partial charge on any atom is -0.481 e. The molecular formula is C14H17ClN2O4. The zero-order chi connectivity index (χ0) is 15.0. The van der Waals surface area contributed by atoms with Crippen LogP contribution in [-0.2, 0) is 16.0 Å². The Hall–Kier alpha value is -1.56. The number of hydrogen-bond donors (Lipinski definition) is 1. The van der Waals surface area contributed by atoms with Crippen molar-refractivity contribution < 1.29 is 19.2 Å². The molecule has 3 rings (SSSR count). The fraction of sp³-hybridized carbons (Fsp3) is 0.643. The summed E-state index contributed by atoms with van der Waals surface area (Å²) in [5, 5.41) is 13.1. The highest BCUT2D eigenvalue weighted by molar-refractivity contribution is 6.29. The van der Waals surface area contributed by atoms with Crippen LogP contribution >= 0.6 is 11.6 Å². The van der Waals surface area contributed by atoms with Gasteiger partial charge in [-0.25, -0.2) is 0 Å². The van der Waals surface area contributed by atoms with Crippen molar-refractivity contribution in [2.75, 3.05) is 13.1 Å². The molecule has 114 valence electrons. The average molecular weight is 313 g/mol. The number of aromatic nitrogens is 1. The van der Waals surface area contributed by atoms with Gasteiger partial charge in [-0.05, 0) is 24.7 Å². The number of nitrogens with zero attached hydrogens (tertiary/aromatic N) is 2. The Kier molecular flexibility index (Phi) is 3.89. The van der Waals surface area contributed by atoms with E-state index >= 15 is 0 Å². The molecule has 2 heterocycles. The van der Waals surface area contributed by atoms with Crippen LogP contribution in [0, 0.1) is 17.8 Å². The number of halogens is 1. The summed E-state index contributed by atoms with van der Waals surface area (Å²) in [6.07, 6.45) is 2.90. The first-order valence-electron chi connectivity index (χ1n) is 7.16. The van der Waals surface area contributed by atoms with Gasteiger partial charge in [0.15, 0.2) is 5.15 Å². The van der Waals surface area contributed by atoms with Gasteiger partial charge in [-0.1, -0.05) is 16.8 Å². The van der Waals surface area contributed by atoms with Crippen LogP contribution < -0.4 is 0 Å². The van der Waals surface area contributed by atoms with Gasteiger partial charge in [0.25, 0.3) is 0 Å². The molecule has 6 nitrogen and oxygen atoms in total. The molecule has 0 unspecified atom stereocenters. The van der Waals surface area contributed by atoms with Crippen molar-refractivity contribution in [1.82, 2.24) is 10.1 Å². The third-order valence-electron chi connectivity index (χ3n) is 4.38. The Morgan fingerprint density at radius 1 is 1.43 bits per heavy atom. The fourth-order valence-electron chi connectivity index (χ4n) is 3.09. The smallest absolute Gasteiger partial charge is 0.308 e. The van der Waals surface area contributed by atoms with E-state index in [0.717, 1.165) is 12.8 Å². The van der Waals surface area contributed by atoms with Crippen LogP contribution in [0.2, 0.25) is 5.15 Å². The molecule has 1 saturated heterocycles. The van der Waals surface area contributed by atoms with E-state index in [4.69, 9.17) is 16.1 Å². The molecule has 1 aromatic rings. The molecule has 1 aromatic heterocycles.